The molecule has 0 saturated heterocycles. The Morgan fingerprint density at radius 2 is 1.38 bits per heavy atom. The van der Waals surface area contributed by atoms with Crippen LogP contribution < -0.4 is 19.9 Å². The third-order valence-corrected chi connectivity index (χ3v) is 3.07. The Morgan fingerprint density at radius 1 is 0.857 bits per heavy atom. The van der Waals surface area contributed by atoms with Crippen LogP contribution in [0.3, 0.4) is 0 Å². The summed E-state index contributed by atoms with van der Waals surface area (Å²) in [5.74, 6) is 2.28. The molecule has 0 radical (unpaired) electrons. The van der Waals surface area contributed by atoms with Crippen molar-refractivity contribution in [3.8, 4) is 17.2 Å². The molecule has 0 aliphatic rings. The first kappa shape index (κ1) is 15.3. The lowest BCUT2D eigenvalue weighted by atomic mass is 10.3. The van der Waals surface area contributed by atoms with E-state index in [4.69, 9.17) is 31.5 Å². The lowest BCUT2D eigenvalue weighted by molar-refractivity contribution is 0.217. The molecule has 0 aromatic heterocycles. The van der Waals surface area contributed by atoms with Crippen LogP contribution in [0.25, 0.3) is 0 Å². The molecule has 0 spiro atoms. The molecule has 5 heteroatoms. The number of halogens is 1. The maximum absolute atomic E-state index is 5.84. The zero-order chi connectivity index (χ0) is 15.1. The fourth-order valence-corrected chi connectivity index (χ4v) is 1.85. The van der Waals surface area contributed by atoms with Crippen molar-refractivity contribution in [2.75, 3.05) is 25.6 Å². The fourth-order valence-electron chi connectivity index (χ4n) is 1.73. The van der Waals surface area contributed by atoms with Gasteiger partial charge in [-0.15, -0.1) is 0 Å². The van der Waals surface area contributed by atoms with Gasteiger partial charge in [0, 0.05) is 6.07 Å². The Balaban J connectivity index is 1.75. The van der Waals surface area contributed by atoms with Crippen molar-refractivity contribution in [2.45, 2.75) is 6.92 Å². The molecule has 2 aromatic rings. The van der Waals surface area contributed by atoms with Gasteiger partial charge in [-0.2, -0.15) is 0 Å². The summed E-state index contributed by atoms with van der Waals surface area (Å²) in [4.78, 5) is 0. The number of nitrogens with two attached hydrogens (primary N) is 1. The summed E-state index contributed by atoms with van der Waals surface area (Å²) in [5, 5.41) is 0.521. The Labute approximate surface area is 129 Å². The van der Waals surface area contributed by atoms with Crippen LogP contribution >= 0.6 is 11.6 Å². The number of nitrogen functional groups attached to an aromatic ring is 1. The average Bonchev–Trinajstić information content (AvgIpc) is 2.49. The van der Waals surface area contributed by atoms with E-state index in [9.17, 15) is 0 Å². The SMILES string of the molecule is CCOc1ccc(OCCOc2ccc(Cl)c(N)c2)cc1. The number of hydrogen-bond donors (Lipinski definition) is 1. The predicted octanol–water partition coefficient (Wildman–Crippen LogP) is 3.78. The van der Waals surface area contributed by atoms with E-state index in [1.807, 2.05) is 31.2 Å². The van der Waals surface area contributed by atoms with Gasteiger partial charge in [-0.05, 0) is 43.3 Å². The number of hydrogen-bond acceptors (Lipinski definition) is 4. The molecular weight excluding hydrogens is 290 g/mol. The second-order valence-electron chi connectivity index (χ2n) is 4.28. The van der Waals surface area contributed by atoms with Gasteiger partial charge in [0.05, 0.1) is 17.3 Å². The van der Waals surface area contributed by atoms with Crippen molar-refractivity contribution in [3.63, 3.8) is 0 Å². The van der Waals surface area contributed by atoms with Gasteiger partial charge in [0.15, 0.2) is 0 Å². The van der Waals surface area contributed by atoms with Gasteiger partial charge in [-0.1, -0.05) is 11.6 Å². The molecule has 0 unspecified atom stereocenters. The minimum absolute atomic E-state index is 0.425. The number of ether oxygens (including phenoxy) is 3. The normalized spacial score (nSPS) is 10.2. The third kappa shape index (κ3) is 4.76. The second kappa shape index (κ2) is 7.64. The molecule has 2 aromatic carbocycles. The summed E-state index contributed by atoms with van der Waals surface area (Å²) >= 11 is 5.84. The van der Waals surface area contributed by atoms with Crippen molar-refractivity contribution in [3.05, 3.63) is 47.5 Å². The molecule has 112 valence electrons. The van der Waals surface area contributed by atoms with Gasteiger partial charge in [0.2, 0.25) is 0 Å². The van der Waals surface area contributed by atoms with Gasteiger partial charge >= 0.3 is 0 Å². The highest BCUT2D eigenvalue weighted by Gasteiger charge is 2.00. The summed E-state index contributed by atoms with van der Waals surface area (Å²) in [6.07, 6.45) is 0. The Kier molecular flexibility index (Phi) is 5.58. The molecule has 2 N–H and O–H groups in total. The van der Waals surface area contributed by atoms with Crippen molar-refractivity contribution >= 4 is 17.3 Å². The van der Waals surface area contributed by atoms with E-state index in [0.29, 0.717) is 36.3 Å². The van der Waals surface area contributed by atoms with Crippen LogP contribution in [0.4, 0.5) is 5.69 Å². The van der Waals surface area contributed by atoms with E-state index in [0.717, 1.165) is 11.5 Å². The molecule has 0 bridgehead atoms. The largest absolute Gasteiger partial charge is 0.494 e. The molecule has 4 nitrogen and oxygen atoms in total. The van der Waals surface area contributed by atoms with Gasteiger partial charge < -0.3 is 19.9 Å². The van der Waals surface area contributed by atoms with Gasteiger partial charge in [0.25, 0.3) is 0 Å². The maximum atomic E-state index is 5.84. The molecule has 21 heavy (non-hydrogen) atoms. The van der Waals surface area contributed by atoms with E-state index in [2.05, 4.69) is 0 Å². The zero-order valence-electron chi connectivity index (χ0n) is 11.8. The third-order valence-electron chi connectivity index (χ3n) is 2.72. The van der Waals surface area contributed by atoms with Crippen molar-refractivity contribution in [1.29, 1.82) is 0 Å². The summed E-state index contributed by atoms with van der Waals surface area (Å²) in [5.41, 5.74) is 6.20. The molecule has 0 saturated carbocycles. The van der Waals surface area contributed by atoms with Crippen LogP contribution in [0.1, 0.15) is 6.92 Å². The molecule has 0 heterocycles. The summed E-state index contributed by atoms with van der Waals surface area (Å²) in [6, 6.07) is 12.7. The van der Waals surface area contributed by atoms with Crippen LogP contribution in [-0.4, -0.2) is 19.8 Å². The predicted molar refractivity (Wildman–Crippen MR) is 84.5 cm³/mol. The number of anilines is 1. The first-order valence-electron chi connectivity index (χ1n) is 6.72. The maximum Gasteiger partial charge on any atom is 0.122 e. The van der Waals surface area contributed by atoms with Crippen LogP contribution in [0.2, 0.25) is 5.02 Å². The quantitative estimate of drug-likeness (QED) is 0.625. The second-order valence-corrected chi connectivity index (χ2v) is 4.69. The van der Waals surface area contributed by atoms with Gasteiger partial charge in [-0.3, -0.25) is 0 Å². The smallest absolute Gasteiger partial charge is 0.122 e. The molecule has 0 fully saturated rings. The molecular formula is C16H18ClNO3. The lowest BCUT2D eigenvalue weighted by Gasteiger charge is -2.10. The number of benzene rings is 2. The van der Waals surface area contributed by atoms with E-state index >= 15 is 0 Å². The van der Waals surface area contributed by atoms with Crippen molar-refractivity contribution in [1.82, 2.24) is 0 Å². The van der Waals surface area contributed by atoms with Crippen LogP contribution in [0, 0.1) is 0 Å². The molecule has 0 amide bonds. The molecule has 0 atom stereocenters. The minimum atomic E-state index is 0.425. The highest BCUT2D eigenvalue weighted by Crippen LogP contribution is 2.23. The summed E-state index contributed by atoms with van der Waals surface area (Å²) in [7, 11) is 0. The first-order chi connectivity index (χ1) is 10.2. The lowest BCUT2D eigenvalue weighted by Crippen LogP contribution is -2.09. The molecule has 0 aliphatic heterocycles. The standard InChI is InChI=1S/C16H18ClNO3/c1-2-19-12-3-5-13(6-4-12)20-9-10-21-14-7-8-15(17)16(18)11-14/h3-8,11H,2,9-10,18H2,1H3. The average molecular weight is 308 g/mol. The highest BCUT2D eigenvalue weighted by atomic mass is 35.5. The Hall–Kier alpha value is -2.07. The summed E-state index contributed by atoms with van der Waals surface area (Å²) < 4.78 is 16.5. The highest BCUT2D eigenvalue weighted by molar-refractivity contribution is 6.33. The van der Waals surface area contributed by atoms with Crippen molar-refractivity contribution in [2.24, 2.45) is 0 Å². The molecule has 0 aliphatic carbocycles. The first-order valence-corrected chi connectivity index (χ1v) is 7.10. The number of rotatable bonds is 7. The van der Waals surface area contributed by atoms with E-state index < -0.39 is 0 Å². The topological polar surface area (TPSA) is 53.7 Å². The van der Waals surface area contributed by atoms with Gasteiger partial charge in [0.1, 0.15) is 30.5 Å². The minimum Gasteiger partial charge on any atom is -0.494 e. The van der Waals surface area contributed by atoms with Crippen LogP contribution in [-0.2, 0) is 0 Å². The van der Waals surface area contributed by atoms with E-state index in [-0.39, 0.29) is 0 Å². The van der Waals surface area contributed by atoms with Crippen LogP contribution in [0.15, 0.2) is 42.5 Å². The van der Waals surface area contributed by atoms with Crippen molar-refractivity contribution < 1.29 is 14.2 Å². The van der Waals surface area contributed by atoms with E-state index in [1.54, 1.807) is 18.2 Å². The zero-order valence-corrected chi connectivity index (χ0v) is 12.6. The van der Waals surface area contributed by atoms with E-state index in [1.165, 1.54) is 0 Å². The fraction of sp³-hybridized carbons (Fsp3) is 0.250. The van der Waals surface area contributed by atoms with Gasteiger partial charge in [-0.25, -0.2) is 0 Å². The van der Waals surface area contributed by atoms with Crippen LogP contribution in [0.5, 0.6) is 17.2 Å². The molecule has 2 rings (SSSR count). The Bertz CT molecular complexity index is 572. The monoisotopic (exact) mass is 307 g/mol. The Morgan fingerprint density at radius 3 is 1.95 bits per heavy atom. The summed E-state index contributed by atoms with van der Waals surface area (Å²) in [6.45, 7) is 3.47.